The molecule has 0 bridgehead atoms. The summed E-state index contributed by atoms with van der Waals surface area (Å²) < 4.78 is 12.9. The highest BCUT2D eigenvalue weighted by Gasteiger charge is 2.13. The maximum atomic E-state index is 12.9. The predicted molar refractivity (Wildman–Crippen MR) is 65.9 cm³/mol. The lowest BCUT2D eigenvalue weighted by Crippen LogP contribution is -2.05. The molecule has 0 saturated carbocycles. The molecule has 2 rings (SSSR count). The van der Waals surface area contributed by atoms with Crippen molar-refractivity contribution in [1.82, 2.24) is 4.98 Å². The van der Waals surface area contributed by atoms with E-state index in [1.54, 1.807) is 24.3 Å². The second-order valence-corrected chi connectivity index (χ2v) is 3.93. The number of hydrogen-bond acceptors (Lipinski definition) is 3. The summed E-state index contributed by atoms with van der Waals surface area (Å²) in [6.45, 7) is 0. The summed E-state index contributed by atoms with van der Waals surface area (Å²) in [7, 11) is 0. The van der Waals surface area contributed by atoms with E-state index in [4.69, 9.17) is 16.7 Å². The third-order valence-electron chi connectivity index (χ3n) is 2.17. The van der Waals surface area contributed by atoms with Crippen LogP contribution in [0.15, 0.2) is 36.5 Å². The molecule has 1 heterocycles. The molecule has 18 heavy (non-hydrogen) atoms. The second-order valence-electron chi connectivity index (χ2n) is 3.49. The Labute approximate surface area is 107 Å². The molecule has 1 aromatic heterocycles. The van der Waals surface area contributed by atoms with Crippen molar-refractivity contribution in [3.05, 3.63) is 52.9 Å². The van der Waals surface area contributed by atoms with Gasteiger partial charge in [0.05, 0.1) is 6.20 Å². The number of carboxylic acid groups (broad SMARTS) is 1. The Bertz CT molecular complexity index is 604. The first-order valence-electron chi connectivity index (χ1n) is 4.97. The first-order valence-corrected chi connectivity index (χ1v) is 5.35. The molecule has 0 amide bonds. The van der Waals surface area contributed by atoms with Crippen LogP contribution in [0.1, 0.15) is 10.4 Å². The first kappa shape index (κ1) is 12.3. The molecular weight excluding hydrogens is 259 g/mol. The Morgan fingerprint density at radius 3 is 2.83 bits per heavy atom. The van der Waals surface area contributed by atoms with E-state index < -0.39 is 11.8 Å². The summed E-state index contributed by atoms with van der Waals surface area (Å²) in [5.41, 5.74) is 0.332. The van der Waals surface area contributed by atoms with E-state index in [1.807, 2.05) is 0 Å². The minimum atomic E-state index is -1.26. The molecule has 0 aliphatic carbocycles. The van der Waals surface area contributed by atoms with Crippen molar-refractivity contribution >= 4 is 29.1 Å². The highest BCUT2D eigenvalue weighted by Crippen LogP contribution is 2.21. The minimum Gasteiger partial charge on any atom is -0.478 e. The van der Waals surface area contributed by atoms with Gasteiger partial charge in [-0.3, -0.25) is 0 Å². The molecule has 1 aromatic carbocycles. The predicted octanol–water partition coefficient (Wildman–Crippen LogP) is 3.32. The van der Waals surface area contributed by atoms with Crippen molar-refractivity contribution < 1.29 is 14.3 Å². The SMILES string of the molecule is O=C(O)c1cc(F)cnc1Nc1cccc(Cl)c1. The Kier molecular flexibility index (Phi) is 3.43. The lowest BCUT2D eigenvalue weighted by Gasteiger charge is -2.08. The molecule has 0 spiro atoms. The van der Waals surface area contributed by atoms with Gasteiger partial charge in [-0.05, 0) is 24.3 Å². The summed E-state index contributed by atoms with van der Waals surface area (Å²) in [6.07, 6.45) is 0.944. The molecule has 0 radical (unpaired) electrons. The van der Waals surface area contributed by atoms with Crippen molar-refractivity contribution in [3.8, 4) is 0 Å². The Hall–Kier alpha value is -2.14. The number of aromatic nitrogens is 1. The molecule has 4 nitrogen and oxygen atoms in total. The molecule has 6 heteroatoms. The topological polar surface area (TPSA) is 62.2 Å². The monoisotopic (exact) mass is 266 g/mol. The molecule has 92 valence electrons. The smallest absolute Gasteiger partial charge is 0.339 e. The zero-order chi connectivity index (χ0) is 13.1. The van der Waals surface area contributed by atoms with Crippen LogP contribution in [0.25, 0.3) is 0 Å². The van der Waals surface area contributed by atoms with Crippen LogP contribution in [0.4, 0.5) is 15.9 Å². The second kappa shape index (κ2) is 5.01. The van der Waals surface area contributed by atoms with Gasteiger partial charge >= 0.3 is 5.97 Å². The number of hydrogen-bond donors (Lipinski definition) is 2. The van der Waals surface area contributed by atoms with Crippen LogP contribution in [0.5, 0.6) is 0 Å². The van der Waals surface area contributed by atoms with Gasteiger partial charge in [0, 0.05) is 10.7 Å². The molecule has 2 N–H and O–H groups in total. The number of anilines is 2. The molecule has 0 saturated heterocycles. The summed E-state index contributed by atoms with van der Waals surface area (Å²) in [5.74, 6) is -1.90. The van der Waals surface area contributed by atoms with Gasteiger partial charge in [0.15, 0.2) is 0 Å². The fourth-order valence-electron chi connectivity index (χ4n) is 1.40. The van der Waals surface area contributed by atoms with Crippen molar-refractivity contribution in [2.75, 3.05) is 5.32 Å². The third kappa shape index (κ3) is 2.75. The zero-order valence-corrected chi connectivity index (χ0v) is 9.78. The fraction of sp³-hybridized carbons (Fsp3) is 0. The zero-order valence-electron chi connectivity index (χ0n) is 9.02. The summed E-state index contributed by atoms with van der Waals surface area (Å²) in [6, 6.07) is 7.60. The van der Waals surface area contributed by atoms with Gasteiger partial charge in [-0.2, -0.15) is 0 Å². The minimum absolute atomic E-state index is 0.0613. The number of benzene rings is 1. The fourth-order valence-corrected chi connectivity index (χ4v) is 1.60. The number of pyridine rings is 1. The van der Waals surface area contributed by atoms with Gasteiger partial charge in [-0.15, -0.1) is 0 Å². The van der Waals surface area contributed by atoms with E-state index in [2.05, 4.69) is 10.3 Å². The lowest BCUT2D eigenvalue weighted by molar-refractivity contribution is 0.0697. The van der Waals surface area contributed by atoms with Crippen molar-refractivity contribution in [1.29, 1.82) is 0 Å². The van der Waals surface area contributed by atoms with Gasteiger partial charge in [-0.25, -0.2) is 14.2 Å². The standard InChI is InChI=1S/C12H8ClFN2O2/c13-7-2-1-3-9(4-7)16-11-10(12(17)18)5-8(14)6-15-11/h1-6H,(H,15,16)(H,17,18). The number of halogens is 2. The van der Waals surface area contributed by atoms with Crippen LogP contribution in [-0.4, -0.2) is 16.1 Å². The first-order chi connectivity index (χ1) is 8.56. The van der Waals surface area contributed by atoms with Crippen LogP contribution in [0.3, 0.4) is 0 Å². The molecule has 0 unspecified atom stereocenters. The molecule has 0 fully saturated rings. The highest BCUT2D eigenvalue weighted by atomic mass is 35.5. The van der Waals surface area contributed by atoms with E-state index in [-0.39, 0.29) is 11.4 Å². The lowest BCUT2D eigenvalue weighted by atomic mass is 10.2. The van der Waals surface area contributed by atoms with Crippen LogP contribution in [0.2, 0.25) is 5.02 Å². The van der Waals surface area contributed by atoms with E-state index in [9.17, 15) is 9.18 Å². The van der Waals surface area contributed by atoms with E-state index in [0.717, 1.165) is 12.3 Å². The number of nitrogens with zero attached hydrogens (tertiary/aromatic N) is 1. The maximum absolute atomic E-state index is 12.9. The van der Waals surface area contributed by atoms with Gasteiger partial charge < -0.3 is 10.4 Å². The number of carboxylic acids is 1. The Balaban J connectivity index is 2.37. The molecular formula is C12H8ClFN2O2. The van der Waals surface area contributed by atoms with Gasteiger partial charge in [0.1, 0.15) is 17.2 Å². The Morgan fingerprint density at radius 1 is 1.39 bits per heavy atom. The highest BCUT2D eigenvalue weighted by molar-refractivity contribution is 6.30. The van der Waals surface area contributed by atoms with E-state index in [1.165, 1.54) is 0 Å². The van der Waals surface area contributed by atoms with Gasteiger partial charge in [0.25, 0.3) is 0 Å². The van der Waals surface area contributed by atoms with Crippen LogP contribution in [0, 0.1) is 5.82 Å². The summed E-state index contributed by atoms with van der Waals surface area (Å²) in [5, 5.41) is 12.2. The summed E-state index contributed by atoms with van der Waals surface area (Å²) >= 11 is 5.80. The summed E-state index contributed by atoms with van der Waals surface area (Å²) in [4.78, 5) is 14.7. The number of rotatable bonds is 3. The molecule has 0 aliphatic heterocycles. The number of carbonyl (C=O) groups is 1. The normalized spacial score (nSPS) is 10.1. The largest absolute Gasteiger partial charge is 0.478 e. The van der Waals surface area contributed by atoms with Crippen LogP contribution >= 0.6 is 11.6 Å². The average molecular weight is 267 g/mol. The maximum Gasteiger partial charge on any atom is 0.339 e. The Morgan fingerprint density at radius 2 is 2.17 bits per heavy atom. The van der Waals surface area contributed by atoms with Crippen LogP contribution in [-0.2, 0) is 0 Å². The number of aromatic carboxylic acids is 1. The molecule has 0 atom stereocenters. The number of nitrogens with one attached hydrogen (secondary N) is 1. The average Bonchev–Trinajstić information content (AvgIpc) is 2.31. The van der Waals surface area contributed by atoms with Crippen molar-refractivity contribution in [2.45, 2.75) is 0 Å². The quantitative estimate of drug-likeness (QED) is 0.895. The molecule has 0 aliphatic rings. The van der Waals surface area contributed by atoms with Crippen molar-refractivity contribution in [3.63, 3.8) is 0 Å². The van der Waals surface area contributed by atoms with E-state index in [0.29, 0.717) is 10.7 Å². The van der Waals surface area contributed by atoms with Crippen LogP contribution < -0.4 is 5.32 Å². The molecule has 2 aromatic rings. The van der Waals surface area contributed by atoms with E-state index >= 15 is 0 Å². The third-order valence-corrected chi connectivity index (χ3v) is 2.41. The van der Waals surface area contributed by atoms with Crippen molar-refractivity contribution in [2.24, 2.45) is 0 Å². The van der Waals surface area contributed by atoms with Gasteiger partial charge in [-0.1, -0.05) is 17.7 Å². The van der Waals surface area contributed by atoms with Gasteiger partial charge in [0.2, 0.25) is 0 Å².